The highest BCUT2D eigenvalue weighted by molar-refractivity contribution is 6.01. The minimum absolute atomic E-state index is 0.191. The minimum Gasteiger partial charge on any atom is -0.486 e. The van der Waals surface area contributed by atoms with Crippen LogP contribution in [0.5, 0.6) is 5.75 Å². The number of hydrogen-bond acceptors (Lipinski definition) is 6. The lowest BCUT2D eigenvalue weighted by Crippen LogP contribution is -2.51. The maximum Gasteiger partial charge on any atom is 0.170 e. The number of ether oxygens (including phenoxy) is 1. The predicted octanol–water partition coefficient (Wildman–Crippen LogP) is 4.44. The Bertz CT molecular complexity index is 1370. The molecule has 0 radical (unpaired) electrons. The summed E-state index contributed by atoms with van der Waals surface area (Å²) in [6.07, 6.45) is 5.41. The molecule has 0 saturated carbocycles. The zero-order chi connectivity index (χ0) is 22.6. The Morgan fingerprint density at radius 1 is 1.03 bits per heavy atom. The van der Waals surface area contributed by atoms with E-state index in [1.54, 1.807) is 6.33 Å². The molecule has 2 aliphatic rings. The van der Waals surface area contributed by atoms with Crippen molar-refractivity contribution in [1.29, 1.82) is 0 Å². The number of carbonyl (C=O) groups is 1. The van der Waals surface area contributed by atoms with Crippen LogP contribution < -0.4 is 9.64 Å². The largest absolute Gasteiger partial charge is 0.486 e. The fourth-order valence-electron chi connectivity index (χ4n) is 5.26. The fourth-order valence-corrected chi connectivity index (χ4v) is 5.26. The molecule has 1 fully saturated rings. The normalized spacial score (nSPS) is 17.3. The summed E-state index contributed by atoms with van der Waals surface area (Å²) >= 11 is 0. The molecule has 2 aliphatic heterocycles. The summed E-state index contributed by atoms with van der Waals surface area (Å²) < 4.78 is 8.37. The second-order valence-electron chi connectivity index (χ2n) is 9.15. The second kappa shape index (κ2) is 7.40. The van der Waals surface area contributed by atoms with Gasteiger partial charge in [0.25, 0.3) is 0 Å². The van der Waals surface area contributed by atoms with Crippen LogP contribution in [0.15, 0.2) is 55.0 Å². The van der Waals surface area contributed by atoms with Gasteiger partial charge in [0.1, 0.15) is 23.5 Å². The number of Topliss-reactive ketones (excluding diaryl/α,β-unsaturated/α-hetero) is 1. The third-order valence-electron chi connectivity index (χ3n) is 6.85. The van der Waals surface area contributed by atoms with Crippen molar-refractivity contribution in [1.82, 2.24) is 19.7 Å². The van der Waals surface area contributed by atoms with Gasteiger partial charge in [0.2, 0.25) is 0 Å². The summed E-state index contributed by atoms with van der Waals surface area (Å²) in [6, 6.07) is 14.0. The van der Waals surface area contributed by atoms with Gasteiger partial charge in [-0.05, 0) is 43.2 Å². The number of anilines is 1. The molecule has 7 nitrogen and oxygen atoms in total. The van der Waals surface area contributed by atoms with E-state index in [1.807, 2.05) is 61.1 Å². The van der Waals surface area contributed by atoms with Gasteiger partial charge in [0.15, 0.2) is 11.4 Å². The first-order chi connectivity index (χ1) is 16.0. The first-order valence-corrected chi connectivity index (χ1v) is 11.4. The summed E-state index contributed by atoms with van der Waals surface area (Å²) in [5, 5.41) is 5.50. The van der Waals surface area contributed by atoms with Crippen molar-refractivity contribution in [2.45, 2.75) is 38.7 Å². The van der Waals surface area contributed by atoms with Crippen LogP contribution >= 0.6 is 0 Å². The zero-order valence-electron chi connectivity index (χ0n) is 18.8. The number of hydrogen-bond donors (Lipinski definition) is 0. The van der Waals surface area contributed by atoms with Crippen molar-refractivity contribution in [3.63, 3.8) is 0 Å². The van der Waals surface area contributed by atoms with Gasteiger partial charge in [-0.3, -0.25) is 4.79 Å². The van der Waals surface area contributed by atoms with E-state index >= 15 is 0 Å². The van der Waals surface area contributed by atoms with E-state index in [4.69, 9.17) is 4.74 Å². The monoisotopic (exact) mass is 439 g/mol. The van der Waals surface area contributed by atoms with E-state index in [0.29, 0.717) is 6.42 Å². The highest BCUT2D eigenvalue weighted by Crippen LogP contribution is 2.42. The van der Waals surface area contributed by atoms with Gasteiger partial charge in [0.05, 0.1) is 29.3 Å². The van der Waals surface area contributed by atoms with E-state index in [-0.39, 0.29) is 5.78 Å². The molecule has 6 rings (SSSR count). The topological polar surface area (TPSA) is 73.1 Å². The van der Waals surface area contributed by atoms with E-state index in [2.05, 4.69) is 26.0 Å². The molecule has 0 amide bonds. The molecule has 4 aromatic rings. The summed E-state index contributed by atoms with van der Waals surface area (Å²) in [5.41, 5.74) is 4.18. The summed E-state index contributed by atoms with van der Waals surface area (Å²) in [6.45, 7) is 5.55. The van der Waals surface area contributed by atoms with Crippen LogP contribution in [0.1, 0.15) is 40.7 Å². The van der Waals surface area contributed by atoms with Crippen molar-refractivity contribution in [3.8, 4) is 11.4 Å². The number of piperidine rings is 1. The third kappa shape index (κ3) is 3.26. The number of ketones is 1. The van der Waals surface area contributed by atoms with Crippen LogP contribution in [0.4, 0.5) is 5.82 Å². The Balaban J connectivity index is 1.28. The Morgan fingerprint density at radius 3 is 2.61 bits per heavy atom. The average Bonchev–Trinajstić information content (AvgIpc) is 3.24. The van der Waals surface area contributed by atoms with Gasteiger partial charge >= 0.3 is 0 Å². The van der Waals surface area contributed by atoms with Crippen LogP contribution in [0.3, 0.4) is 0 Å². The molecule has 0 bridgehead atoms. The number of para-hydroxylation sites is 1. The lowest BCUT2D eigenvalue weighted by Gasteiger charge is -2.44. The quantitative estimate of drug-likeness (QED) is 0.460. The summed E-state index contributed by atoms with van der Waals surface area (Å²) in [7, 11) is 0. The number of benzene rings is 2. The molecule has 0 aliphatic carbocycles. The third-order valence-corrected chi connectivity index (χ3v) is 6.85. The first-order valence-electron chi connectivity index (χ1n) is 11.4. The number of carbonyl (C=O) groups excluding carboxylic acids is 1. The fraction of sp³-hybridized carbons (Fsp3) is 0.308. The molecule has 0 atom stereocenters. The van der Waals surface area contributed by atoms with E-state index < -0.39 is 5.60 Å². The molecule has 1 spiro atoms. The van der Waals surface area contributed by atoms with Crippen molar-refractivity contribution < 1.29 is 9.53 Å². The van der Waals surface area contributed by atoms with Gasteiger partial charge in [-0.15, -0.1) is 0 Å². The Kier molecular flexibility index (Phi) is 4.47. The predicted molar refractivity (Wildman–Crippen MR) is 126 cm³/mol. The molecule has 0 unspecified atom stereocenters. The van der Waals surface area contributed by atoms with Crippen LogP contribution in [-0.4, -0.2) is 44.2 Å². The standard InChI is InChI=1S/C26H25N5O2/c1-17-12-18(2)23-21(32)14-26(33-22(23)13-17)8-10-30(11-9-26)24-20-15-29-31(25(20)28-16-27-24)19-6-4-3-5-7-19/h3-7,12-13,15-16H,8-11,14H2,1-2H3. The lowest BCUT2D eigenvalue weighted by atomic mass is 9.81. The minimum atomic E-state index is -0.443. The van der Waals surface area contributed by atoms with Crippen molar-refractivity contribution in [2.24, 2.45) is 0 Å². The Labute approximate surface area is 192 Å². The van der Waals surface area contributed by atoms with Crippen molar-refractivity contribution in [2.75, 3.05) is 18.0 Å². The number of nitrogens with zero attached hydrogens (tertiary/aromatic N) is 5. The molecule has 2 aromatic heterocycles. The SMILES string of the molecule is Cc1cc(C)c2c(c1)OC1(CCN(c3ncnc4c3cnn4-c3ccccc3)CC1)CC2=O. The van der Waals surface area contributed by atoms with Gasteiger partial charge in [-0.2, -0.15) is 5.10 Å². The molecule has 2 aromatic carbocycles. The summed E-state index contributed by atoms with van der Waals surface area (Å²) in [5.74, 6) is 1.81. The Hall–Kier alpha value is -3.74. The van der Waals surface area contributed by atoms with Crippen molar-refractivity contribution in [3.05, 3.63) is 71.7 Å². The molecule has 33 heavy (non-hydrogen) atoms. The van der Waals surface area contributed by atoms with Gasteiger partial charge < -0.3 is 9.64 Å². The maximum absolute atomic E-state index is 13.0. The zero-order valence-corrected chi connectivity index (χ0v) is 18.8. The number of fused-ring (bicyclic) bond motifs is 2. The molecule has 166 valence electrons. The number of aryl methyl sites for hydroxylation is 2. The summed E-state index contributed by atoms with van der Waals surface area (Å²) in [4.78, 5) is 24.4. The van der Waals surface area contributed by atoms with Crippen LogP contribution in [0, 0.1) is 13.8 Å². The second-order valence-corrected chi connectivity index (χ2v) is 9.15. The Morgan fingerprint density at radius 2 is 1.82 bits per heavy atom. The maximum atomic E-state index is 13.0. The molecule has 1 saturated heterocycles. The average molecular weight is 440 g/mol. The van der Waals surface area contributed by atoms with E-state index in [9.17, 15) is 4.79 Å². The van der Waals surface area contributed by atoms with Crippen molar-refractivity contribution >= 4 is 22.6 Å². The highest BCUT2D eigenvalue weighted by Gasteiger charge is 2.44. The highest BCUT2D eigenvalue weighted by atomic mass is 16.5. The molecular formula is C26H25N5O2. The van der Waals surface area contributed by atoms with Gasteiger partial charge in [0, 0.05) is 25.9 Å². The van der Waals surface area contributed by atoms with E-state index in [0.717, 1.165) is 70.9 Å². The number of aromatic nitrogens is 4. The van der Waals surface area contributed by atoms with Crippen LogP contribution in [0.25, 0.3) is 16.7 Å². The van der Waals surface area contributed by atoms with Crippen LogP contribution in [-0.2, 0) is 0 Å². The molecule has 4 heterocycles. The first kappa shape index (κ1) is 19.9. The van der Waals surface area contributed by atoms with E-state index in [1.165, 1.54) is 0 Å². The molecular weight excluding hydrogens is 414 g/mol. The molecule has 7 heteroatoms. The smallest absolute Gasteiger partial charge is 0.170 e. The van der Waals surface area contributed by atoms with Gasteiger partial charge in [-0.25, -0.2) is 14.6 Å². The van der Waals surface area contributed by atoms with Gasteiger partial charge in [-0.1, -0.05) is 24.3 Å². The number of rotatable bonds is 2. The molecule has 0 N–H and O–H groups in total. The van der Waals surface area contributed by atoms with Crippen LogP contribution in [0.2, 0.25) is 0 Å². The lowest BCUT2D eigenvalue weighted by molar-refractivity contribution is 0.0230.